The molecule has 0 saturated carbocycles. The summed E-state index contributed by atoms with van der Waals surface area (Å²) >= 11 is 6.00. The number of carbonyl (C=O) groups is 1. The predicted octanol–water partition coefficient (Wildman–Crippen LogP) is 2.90. The van der Waals surface area contributed by atoms with Crippen LogP contribution in [0.1, 0.15) is 36.1 Å². The van der Waals surface area contributed by atoms with Crippen molar-refractivity contribution >= 4 is 23.2 Å². The van der Waals surface area contributed by atoms with Gasteiger partial charge in [0, 0.05) is 12.4 Å². The minimum absolute atomic E-state index is 0.127. The molecule has 0 aliphatic heterocycles. The van der Waals surface area contributed by atoms with Crippen LogP contribution in [0.3, 0.4) is 0 Å². The van der Waals surface area contributed by atoms with Gasteiger partial charge in [0.1, 0.15) is 5.15 Å². The third-order valence-corrected chi connectivity index (χ3v) is 3.88. The van der Waals surface area contributed by atoms with Crippen molar-refractivity contribution in [1.82, 2.24) is 24.9 Å². The molecule has 0 radical (unpaired) electrons. The molecule has 7 heteroatoms. The maximum atomic E-state index is 12.5. The van der Waals surface area contributed by atoms with Crippen molar-refractivity contribution in [2.75, 3.05) is 0 Å². The molecule has 3 heterocycles. The van der Waals surface area contributed by atoms with Gasteiger partial charge in [0.15, 0.2) is 11.5 Å². The smallest absolute Gasteiger partial charge is 0.255 e. The predicted molar refractivity (Wildman–Crippen MR) is 87.3 cm³/mol. The van der Waals surface area contributed by atoms with Crippen LogP contribution in [-0.2, 0) is 0 Å². The second kappa shape index (κ2) is 6.34. The highest BCUT2D eigenvalue weighted by atomic mass is 35.5. The van der Waals surface area contributed by atoms with Crippen molar-refractivity contribution in [2.24, 2.45) is 5.92 Å². The van der Waals surface area contributed by atoms with Gasteiger partial charge in [0.25, 0.3) is 5.91 Å². The summed E-state index contributed by atoms with van der Waals surface area (Å²) in [6.45, 7) is 4.03. The SMILES string of the molecule is CC(C)[C@H](NC(=O)c1cccnc1Cl)c1nnc2ccccn12. The Labute approximate surface area is 138 Å². The normalized spacial score (nSPS) is 12.5. The minimum Gasteiger partial charge on any atom is -0.342 e. The summed E-state index contributed by atoms with van der Waals surface area (Å²) in [7, 11) is 0. The average molecular weight is 330 g/mol. The zero-order valence-electron chi connectivity index (χ0n) is 12.8. The van der Waals surface area contributed by atoms with E-state index < -0.39 is 0 Å². The van der Waals surface area contributed by atoms with Crippen LogP contribution in [0.2, 0.25) is 5.15 Å². The Bertz CT molecular complexity index is 845. The molecule has 0 aliphatic rings. The number of nitrogens with one attached hydrogen (secondary N) is 1. The summed E-state index contributed by atoms with van der Waals surface area (Å²) in [5.41, 5.74) is 1.08. The first-order valence-corrected chi connectivity index (χ1v) is 7.66. The third-order valence-electron chi connectivity index (χ3n) is 3.58. The highest BCUT2D eigenvalue weighted by Gasteiger charge is 2.25. The van der Waals surface area contributed by atoms with Crippen molar-refractivity contribution in [2.45, 2.75) is 19.9 Å². The van der Waals surface area contributed by atoms with Crippen molar-refractivity contribution in [3.8, 4) is 0 Å². The standard InChI is InChI=1S/C16H16ClN5O/c1-10(2)13(15-21-20-12-7-3-4-9-22(12)15)19-16(23)11-6-5-8-18-14(11)17/h3-10,13H,1-2H3,(H,19,23)/t13-/m0/s1. The van der Waals surface area contributed by atoms with E-state index in [-0.39, 0.29) is 23.0 Å². The first-order chi connectivity index (χ1) is 11.1. The Hall–Kier alpha value is -2.47. The molecule has 3 aromatic heterocycles. The fourth-order valence-corrected chi connectivity index (χ4v) is 2.58. The number of rotatable bonds is 4. The average Bonchev–Trinajstić information content (AvgIpc) is 2.96. The quantitative estimate of drug-likeness (QED) is 0.747. The van der Waals surface area contributed by atoms with E-state index in [1.807, 2.05) is 42.6 Å². The highest BCUT2D eigenvalue weighted by Crippen LogP contribution is 2.22. The lowest BCUT2D eigenvalue weighted by atomic mass is 10.0. The Morgan fingerprint density at radius 1 is 1.22 bits per heavy atom. The van der Waals surface area contributed by atoms with Gasteiger partial charge >= 0.3 is 0 Å². The van der Waals surface area contributed by atoms with E-state index >= 15 is 0 Å². The number of pyridine rings is 2. The minimum atomic E-state index is -0.295. The molecule has 0 aromatic carbocycles. The Morgan fingerprint density at radius 3 is 2.78 bits per heavy atom. The summed E-state index contributed by atoms with van der Waals surface area (Å²) in [5.74, 6) is 0.528. The van der Waals surface area contributed by atoms with Gasteiger partial charge in [-0.2, -0.15) is 0 Å². The van der Waals surface area contributed by atoms with Gasteiger partial charge in [0.05, 0.1) is 11.6 Å². The van der Waals surface area contributed by atoms with E-state index in [2.05, 4.69) is 20.5 Å². The van der Waals surface area contributed by atoms with Crippen LogP contribution in [0, 0.1) is 5.92 Å². The van der Waals surface area contributed by atoms with Crippen LogP contribution >= 0.6 is 11.6 Å². The number of carbonyl (C=O) groups excluding carboxylic acids is 1. The second-order valence-electron chi connectivity index (χ2n) is 5.52. The number of fused-ring (bicyclic) bond motifs is 1. The second-order valence-corrected chi connectivity index (χ2v) is 5.88. The van der Waals surface area contributed by atoms with Crippen molar-refractivity contribution in [3.05, 3.63) is 59.3 Å². The monoisotopic (exact) mass is 329 g/mol. The number of hydrogen-bond donors (Lipinski definition) is 1. The summed E-state index contributed by atoms with van der Waals surface area (Å²) < 4.78 is 1.87. The van der Waals surface area contributed by atoms with E-state index in [9.17, 15) is 4.79 Å². The lowest BCUT2D eigenvalue weighted by Crippen LogP contribution is -2.33. The zero-order valence-corrected chi connectivity index (χ0v) is 13.5. The van der Waals surface area contributed by atoms with E-state index in [0.29, 0.717) is 11.4 Å². The number of aromatic nitrogens is 4. The van der Waals surface area contributed by atoms with Crippen LogP contribution in [0.5, 0.6) is 0 Å². The van der Waals surface area contributed by atoms with Gasteiger partial charge in [-0.15, -0.1) is 10.2 Å². The van der Waals surface area contributed by atoms with E-state index in [1.54, 1.807) is 18.3 Å². The molecule has 0 saturated heterocycles. The lowest BCUT2D eigenvalue weighted by Gasteiger charge is -2.21. The van der Waals surface area contributed by atoms with Crippen molar-refractivity contribution < 1.29 is 4.79 Å². The topological polar surface area (TPSA) is 72.2 Å². The maximum absolute atomic E-state index is 12.5. The fraction of sp³-hybridized carbons (Fsp3) is 0.250. The van der Waals surface area contributed by atoms with Gasteiger partial charge in [-0.1, -0.05) is 31.5 Å². The van der Waals surface area contributed by atoms with E-state index in [1.165, 1.54) is 0 Å². The number of hydrogen-bond acceptors (Lipinski definition) is 4. The molecule has 6 nitrogen and oxygen atoms in total. The molecular formula is C16H16ClN5O. The van der Waals surface area contributed by atoms with Gasteiger partial charge in [-0.05, 0) is 30.2 Å². The van der Waals surface area contributed by atoms with Crippen LogP contribution in [0.4, 0.5) is 0 Å². The van der Waals surface area contributed by atoms with Crippen LogP contribution in [-0.4, -0.2) is 25.5 Å². The number of nitrogens with zero attached hydrogens (tertiary/aromatic N) is 4. The zero-order chi connectivity index (χ0) is 16.4. The molecule has 1 amide bonds. The van der Waals surface area contributed by atoms with Crippen molar-refractivity contribution in [3.63, 3.8) is 0 Å². The van der Waals surface area contributed by atoms with Gasteiger partial charge < -0.3 is 5.32 Å². The van der Waals surface area contributed by atoms with Crippen LogP contribution in [0.15, 0.2) is 42.7 Å². The molecule has 3 rings (SSSR count). The molecule has 0 spiro atoms. The van der Waals surface area contributed by atoms with Crippen LogP contribution < -0.4 is 5.32 Å². The van der Waals surface area contributed by atoms with Gasteiger partial charge in [-0.3, -0.25) is 9.20 Å². The molecule has 1 atom stereocenters. The van der Waals surface area contributed by atoms with E-state index in [4.69, 9.17) is 11.6 Å². The molecule has 118 valence electrons. The number of amides is 1. The highest BCUT2D eigenvalue weighted by molar-refractivity contribution is 6.32. The van der Waals surface area contributed by atoms with Gasteiger partial charge in [-0.25, -0.2) is 4.98 Å². The first kappa shape index (κ1) is 15.4. The largest absolute Gasteiger partial charge is 0.342 e. The van der Waals surface area contributed by atoms with Crippen LogP contribution in [0.25, 0.3) is 5.65 Å². The molecule has 1 N–H and O–H groups in total. The molecule has 0 bridgehead atoms. The van der Waals surface area contributed by atoms with Gasteiger partial charge in [0.2, 0.25) is 0 Å². The molecule has 3 aromatic rings. The Morgan fingerprint density at radius 2 is 2.04 bits per heavy atom. The summed E-state index contributed by atoms with van der Waals surface area (Å²) in [6.07, 6.45) is 3.42. The molecule has 0 aliphatic carbocycles. The molecular weight excluding hydrogens is 314 g/mol. The van der Waals surface area contributed by atoms with E-state index in [0.717, 1.165) is 5.65 Å². The molecule has 0 fully saturated rings. The maximum Gasteiger partial charge on any atom is 0.255 e. The third kappa shape index (κ3) is 3.03. The molecule has 23 heavy (non-hydrogen) atoms. The number of halogens is 1. The Kier molecular flexibility index (Phi) is 4.25. The summed E-state index contributed by atoms with van der Waals surface area (Å²) in [6, 6.07) is 8.69. The molecule has 0 unspecified atom stereocenters. The lowest BCUT2D eigenvalue weighted by molar-refractivity contribution is 0.0922. The first-order valence-electron chi connectivity index (χ1n) is 7.29. The van der Waals surface area contributed by atoms with Crippen molar-refractivity contribution in [1.29, 1.82) is 0 Å². The fourth-order valence-electron chi connectivity index (χ4n) is 2.38. The Balaban J connectivity index is 1.94. The summed E-state index contributed by atoms with van der Waals surface area (Å²) in [4.78, 5) is 16.5. The summed E-state index contributed by atoms with van der Waals surface area (Å²) in [5, 5.41) is 11.5.